The van der Waals surface area contributed by atoms with Gasteiger partial charge >= 0.3 is 5.97 Å². The maximum absolute atomic E-state index is 12.3. The third kappa shape index (κ3) is 5.54. The van der Waals surface area contributed by atoms with Gasteiger partial charge in [-0.05, 0) is 43.0 Å². The molecule has 0 unspecified atom stereocenters. The largest absolute Gasteiger partial charge is 0.481 e. The normalized spacial score (nSPS) is 12.2. The Kier molecular flexibility index (Phi) is 7.77. The summed E-state index contributed by atoms with van der Waals surface area (Å²) in [7, 11) is -3.61. The molecule has 0 saturated heterocycles. The first kappa shape index (κ1) is 22.1. The highest BCUT2D eigenvalue weighted by molar-refractivity contribution is 7.89. The summed E-state index contributed by atoms with van der Waals surface area (Å²) in [5, 5.41) is 12.0. The van der Waals surface area contributed by atoms with Crippen molar-refractivity contribution in [3.63, 3.8) is 0 Å². The zero-order valence-corrected chi connectivity index (χ0v) is 16.5. The van der Waals surface area contributed by atoms with Gasteiger partial charge in [-0.3, -0.25) is 9.59 Å². The van der Waals surface area contributed by atoms with Crippen molar-refractivity contribution >= 4 is 21.9 Å². The van der Waals surface area contributed by atoms with E-state index in [1.54, 1.807) is 13.8 Å². The molecule has 0 aliphatic rings. The molecular formula is C18H28N2O5S. The van der Waals surface area contributed by atoms with Gasteiger partial charge in [-0.1, -0.05) is 27.7 Å². The number of nitrogens with one attached hydrogen (secondary N) is 2. The fourth-order valence-corrected chi connectivity index (χ4v) is 3.59. The van der Waals surface area contributed by atoms with E-state index in [2.05, 4.69) is 10.0 Å². The molecule has 0 radical (unpaired) electrons. The fraction of sp³-hybridized carbons (Fsp3) is 0.556. The lowest BCUT2D eigenvalue weighted by Gasteiger charge is -2.26. The first-order valence-corrected chi connectivity index (χ1v) is 10.2. The number of benzene rings is 1. The van der Waals surface area contributed by atoms with Crippen LogP contribution in [0.4, 0.5) is 0 Å². The van der Waals surface area contributed by atoms with Gasteiger partial charge in [-0.2, -0.15) is 0 Å². The van der Waals surface area contributed by atoms with Gasteiger partial charge in [0.15, 0.2) is 0 Å². The second-order valence-electron chi connectivity index (χ2n) is 6.75. The van der Waals surface area contributed by atoms with Crippen molar-refractivity contribution in [2.75, 3.05) is 13.1 Å². The van der Waals surface area contributed by atoms with Crippen LogP contribution in [0.3, 0.4) is 0 Å². The number of hydrogen-bond donors (Lipinski definition) is 3. The summed E-state index contributed by atoms with van der Waals surface area (Å²) in [5.74, 6) is -1.20. The molecule has 1 rings (SSSR count). The van der Waals surface area contributed by atoms with E-state index in [0.717, 1.165) is 0 Å². The summed E-state index contributed by atoms with van der Waals surface area (Å²) in [6, 6.07) is 5.56. The quantitative estimate of drug-likeness (QED) is 0.573. The molecule has 0 aromatic heterocycles. The van der Waals surface area contributed by atoms with E-state index in [4.69, 9.17) is 0 Å². The molecule has 0 spiro atoms. The number of aliphatic carboxylic acids is 1. The van der Waals surface area contributed by atoms with Gasteiger partial charge in [0.1, 0.15) is 0 Å². The first-order valence-electron chi connectivity index (χ1n) is 8.69. The Morgan fingerprint density at radius 1 is 1.12 bits per heavy atom. The summed E-state index contributed by atoms with van der Waals surface area (Å²) >= 11 is 0. The monoisotopic (exact) mass is 384 g/mol. The minimum Gasteiger partial charge on any atom is -0.481 e. The molecule has 1 amide bonds. The SMILES string of the molecule is CCC(CC)(CNC(=O)c1ccc(S(=O)(=O)NCC(C)C)cc1)C(=O)O. The molecule has 3 N–H and O–H groups in total. The lowest BCUT2D eigenvalue weighted by atomic mass is 9.82. The van der Waals surface area contributed by atoms with Crippen LogP contribution in [0.25, 0.3) is 0 Å². The molecule has 146 valence electrons. The Bertz CT molecular complexity index is 722. The predicted molar refractivity (Wildman–Crippen MR) is 99.5 cm³/mol. The Morgan fingerprint density at radius 2 is 1.65 bits per heavy atom. The topological polar surface area (TPSA) is 113 Å². The van der Waals surface area contributed by atoms with Gasteiger partial charge in [0.05, 0.1) is 10.3 Å². The van der Waals surface area contributed by atoms with Crippen molar-refractivity contribution in [1.82, 2.24) is 10.0 Å². The number of rotatable bonds is 10. The van der Waals surface area contributed by atoms with Crippen LogP contribution in [0.2, 0.25) is 0 Å². The predicted octanol–water partition coefficient (Wildman–Crippen LogP) is 2.24. The van der Waals surface area contributed by atoms with Crippen LogP contribution < -0.4 is 10.0 Å². The molecule has 0 heterocycles. The van der Waals surface area contributed by atoms with Gasteiger partial charge in [0.25, 0.3) is 5.91 Å². The van der Waals surface area contributed by atoms with E-state index < -0.39 is 27.3 Å². The van der Waals surface area contributed by atoms with Gasteiger partial charge in [0.2, 0.25) is 10.0 Å². The average Bonchev–Trinajstić information content (AvgIpc) is 2.61. The number of carbonyl (C=O) groups is 2. The molecular weight excluding hydrogens is 356 g/mol. The van der Waals surface area contributed by atoms with E-state index in [-0.39, 0.29) is 22.9 Å². The molecule has 1 aromatic carbocycles. The van der Waals surface area contributed by atoms with Crippen LogP contribution in [0.15, 0.2) is 29.2 Å². The van der Waals surface area contributed by atoms with E-state index in [9.17, 15) is 23.1 Å². The Hall–Kier alpha value is -1.93. The van der Waals surface area contributed by atoms with Crippen molar-refractivity contribution in [1.29, 1.82) is 0 Å². The standard InChI is InChI=1S/C18H28N2O5S/c1-5-18(6-2,17(22)23)12-19-16(21)14-7-9-15(10-8-14)26(24,25)20-11-13(3)4/h7-10,13,20H,5-6,11-12H2,1-4H3,(H,19,21)(H,22,23). The molecule has 0 fully saturated rings. The molecule has 1 aromatic rings. The van der Waals surface area contributed by atoms with Crippen LogP contribution in [0.1, 0.15) is 50.9 Å². The van der Waals surface area contributed by atoms with Crippen LogP contribution in [-0.4, -0.2) is 38.5 Å². The summed E-state index contributed by atoms with van der Waals surface area (Å²) in [5.41, 5.74) is -0.723. The lowest BCUT2D eigenvalue weighted by molar-refractivity contribution is -0.149. The number of hydrogen-bond acceptors (Lipinski definition) is 4. The van der Waals surface area contributed by atoms with Crippen molar-refractivity contribution < 1.29 is 23.1 Å². The van der Waals surface area contributed by atoms with Crippen LogP contribution >= 0.6 is 0 Å². The lowest BCUT2D eigenvalue weighted by Crippen LogP contribution is -2.42. The third-order valence-corrected chi connectivity index (χ3v) is 5.94. The molecule has 0 saturated carbocycles. The zero-order chi connectivity index (χ0) is 20.0. The van der Waals surface area contributed by atoms with E-state index >= 15 is 0 Å². The molecule has 8 heteroatoms. The van der Waals surface area contributed by atoms with Crippen molar-refractivity contribution in [2.45, 2.75) is 45.4 Å². The van der Waals surface area contributed by atoms with E-state index in [1.807, 2.05) is 13.8 Å². The Morgan fingerprint density at radius 3 is 2.08 bits per heavy atom. The number of amides is 1. The van der Waals surface area contributed by atoms with Gasteiger partial charge in [0, 0.05) is 18.7 Å². The van der Waals surface area contributed by atoms with Crippen LogP contribution in [0.5, 0.6) is 0 Å². The summed E-state index contributed by atoms with van der Waals surface area (Å²) in [6.45, 7) is 7.70. The van der Waals surface area contributed by atoms with E-state index in [0.29, 0.717) is 19.4 Å². The molecule has 0 aliphatic heterocycles. The second-order valence-corrected chi connectivity index (χ2v) is 8.51. The van der Waals surface area contributed by atoms with E-state index in [1.165, 1.54) is 24.3 Å². The highest BCUT2D eigenvalue weighted by Crippen LogP contribution is 2.25. The van der Waals surface area contributed by atoms with Gasteiger partial charge < -0.3 is 10.4 Å². The Balaban J connectivity index is 2.82. The maximum Gasteiger partial charge on any atom is 0.311 e. The number of carbonyl (C=O) groups excluding carboxylic acids is 1. The number of carboxylic acids is 1. The summed E-state index contributed by atoms with van der Waals surface area (Å²) < 4.78 is 26.8. The molecule has 26 heavy (non-hydrogen) atoms. The van der Waals surface area contributed by atoms with Gasteiger partial charge in [-0.25, -0.2) is 13.1 Å². The minimum atomic E-state index is -3.61. The maximum atomic E-state index is 12.3. The molecule has 0 aliphatic carbocycles. The Labute approximate surface area is 155 Å². The second kappa shape index (κ2) is 9.14. The molecule has 7 nitrogen and oxygen atoms in total. The summed E-state index contributed by atoms with van der Waals surface area (Å²) in [6.07, 6.45) is 0.801. The highest BCUT2D eigenvalue weighted by atomic mass is 32.2. The molecule has 0 atom stereocenters. The smallest absolute Gasteiger partial charge is 0.311 e. The zero-order valence-electron chi connectivity index (χ0n) is 15.7. The third-order valence-electron chi connectivity index (χ3n) is 4.50. The fourth-order valence-electron chi connectivity index (χ4n) is 2.37. The van der Waals surface area contributed by atoms with Gasteiger partial charge in [-0.15, -0.1) is 0 Å². The number of carboxylic acid groups (broad SMARTS) is 1. The van der Waals surface area contributed by atoms with Crippen molar-refractivity contribution in [3.05, 3.63) is 29.8 Å². The molecule has 0 bridgehead atoms. The van der Waals surface area contributed by atoms with Crippen molar-refractivity contribution in [3.8, 4) is 0 Å². The first-order chi connectivity index (χ1) is 12.1. The average molecular weight is 384 g/mol. The van der Waals surface area contributed by atoms with Crippen molar-refractivity contribution in [2.24, 2.45) is 11.3 Å². The van der Waals surface area contributed by atoms with Crippen LogP contribution in [0, 0.1) is 11.3 Å². The summed E-state index contributed by atoms with van der Waals surface area (Å²) in [4.78, 5) is 23.8. The highest BCUT2D eigenvalue weighted by Gasteiger charge is 2.35. The van der Waals surface area contributed by atoms with Crippen LogP contribution in [-0.2, 0) is 14.8 Å². The number of sulfonamides is 1. The minimum absolute atomic E-state index is 0.0180.